The van der Waals surface area contributed by atoms with Crippen molar-refractivity contribution in [2.75, 3.05) is 13.2 Å². The number of benzene rings is 1. The second-order valence-electron chi connectivity index (χ2n) is 3.27. The van der Waals surface area contributed by atoms with Gasteiger partial charge in [0, 0.05) is 6.54 Å². The zero-order valence-electron chi connectivity index (χ0n) is 8.19. The molecule has 0 radical (unpaired) electrons. The summed E-state index contributed by atoms with van der Waals surface area (Å²) in [5, 5.41) is 0. The summed E-state index contributed by atoms with van der Waals surface area (Å²) in [4.78, 5) is 3.83. The Kier molecular flexibility index (Phi) is 2.92. The Morgan fingerprint density at radius 2 is 1.88 bits per heavy atom. The summed E-state index contributed by atoms with van der Waals surface area (Å²) in [5.41, 5.74) is 0. The normalized spacial score (nSPS) is 17.9. The molecule has 0 N–H and O–H groups in total. The van der Waals surface area contributed by atoms with Crippen molar-refractivity contribution in [2.45, 2.75) is 11.3 Å². The Morgan fingerprint density at radius 3 is 2.38 bits per heavy atom. The second-order valence-corrected chi connectivity index (χ2v) is 5.03. The molecule has 1 aliphatic heterocycles. The number of sulfonamides is 1. The Hall–Kier alpha value is -1.05. The zero-order chi connectivity index (χ0) is 11.8. The molecule has 0 aliphatic carbocycles. The monoisotopic (exact) mass is 249 g/mol. The first-order valence-electron chi connectivity index (χ1n) is 4.63. The van der Waals surface area contributed by atoms with Gasteiger partial charge in [-0.05, 0) is 18.6 Å². The predicted molar refractivity (Wildman–Crippen MR) is 50.8 cm³/mol. The molecular formula is C9H9F2NO3S. The van der Waals surface area contributed by atoms with Crippen molar-refractivity contribution in [3.05, 3.63) is 29.8 Å². The fraction of sp³-hybridized carbons (Fsp3) is 0.333. The van der Waals surface area contributed by atoms with E-state index in [1.54, 1.807) is 0 Å². The van der Waals surface area contributed by atoms with E-state index in [2.05, 4.69) is 0 Å². The van der Waals surface area contributed by atoms with Crippen LogP contribution in [0.15, 0.2) is 23.1 Å². The quantitative estimate of drug-likeness (QED) is 0.793. The van der Waals surface area contributed by atoms with Crippen LogP contribution in [0, 0.1) is 11.6 Å². The number of nitrogens with zero attached hydrogens (tertiary/aromatic N) is 1. The van der Waals surface area contributed by atoms with E-state index in [1.807, 2.05) is 0 Å². The van der Waals surface area contributed by atoms with Crippen LogP contribution in [0.1, 0.15) is 6.42 Å². The van der Waals surface area contributed by atoms with E-state index in [0.717, 1.165) is 18.2 Å². The average Bonchev–Trinajstić information content (AvgIpc) is 2.69. The van der Waals surface area contributed by atoms with Gasteiger partial charge in [-0.3, -0.25) is 4.84 Å². The molecular weight excluding hydrogens is 240 g/mol. The lowest BCUT2D eigenvalue weighted by Crippen LogP contribution is -2.28. The van der Waals surface area contributed by atoms with Crippen molar-refractivity contribution in [1.82, 2.24) is 4.47 Å². The lowest BCUT2D eigenvalue weighted by molar-refractivity contribution is -0.0288. The molecule has 1 aromatic rings. The highest BCUT2D eigenvalue weighted by molar-refractivity contribution is 7.89. The molecule has 1 heterocycles. The van der Waals surface area contributed by atoms with Crippen molar-refractivity contribution in [3.63, 3.8) is 0 Å². The third-order valence-electron chi connectivity index (χ3n) is 2.17. The standard InChI is InChI=1S/C9H9F2NO3S/c10-7-3-1-4-8(11)9(7)16(13,14)12-5-2-6-15-12/h1,3-4H,2,5-6H2. The summed E-state index contributed by atoms with van der Waals surface area (Å²) in [6, 6.07) is 2.90. The third kappa shape index (κ3) is 1.81. The molecule has 0 amide bonds. The highest BCUT2D eigenvalue weighted by Crippen LogP contribution is 2.24. The molecule has 88 valence electrons. The Labute approximate surface area is 91.4 Å². The molecule has 0 atom stereocenters. The van der Waals surface area contributed by atoms with Gasteiger partial charge in [0.25, 0.3) is 10.0 Å². The van der Waals surface area contributed by atoms with Gasteiger partial charge in [-0.15, -0.1) is 0 Å². The number of halogens is 2. The molecule has 1 fully saturated rings. The van der Waals surface area contributed by atoms with Crippen LogP contribution < -0.4 is 0 Å². The van der Waals surface area contributed by atoms with Crippen molar-refractivity contribution in [3.8, 4) is 0 Å². The predicted octanol–water partition coefficient (Wildman–Crippen LogP) is 1.29. The van der Waals surface area contributed by atoms with Gasteiger partial charge in [-0.2, -0.15) is 0 Å². The van der Waals surface area contributed by atoms with Crippen LogP contribution in [-0.4, -0.2) is 26.0 Å². The molecule has 4 nitrogen and oxygen atoms in total. The van der Waals surface area contributed by atoms with E-state index in [1.165, 1.54) is 0 Å². The van der Waals surface area contributed by atoms with Crippen molar-refractivity contribution in [1.29, 1.82) is 0 Å². The summed E-state index contributed by atoms with van der Waals surface area (Å²) in [5.74, 6) is -2.23. The molecule has 16 heavy (non-hydrogen) atoms. The van der Waals surface area contributed by atoms with Gasteiger partial charge in [0.05, 0.1) is 6.61 Å². The number of hydrogen-bond acceptors (Lipinski definition) is 3. The largest absolute Gasteiger partial charge is 0.284 e. The minimum atomic E-state index is -4.24. The molecule has 1 aromatic carbocycles. The van der Waals surface area contributed by atoms with Gasteiger partial charge in [0.15, 0.2) is 4.90 Å². The van der Waals surface area contributed by atoms with Crippen LogP contribution in [-0.2, 0) is 14.9 Å². The SMILES string of the molecule is O=S(=O)(c1c(F)cccc1F)N1CCCO1. The molecule has 0 unspecified atom stereocenters. The van der Waals surface area contributed by atoms with Gasteiger partial charge in [0.2, 0.25) is 0 Å². The molecule has 7 heteroatoms. The Morgan fingerprint density at radius 1 is 1.25 bits per heavy atom. The minimum Gasteiger partial charge on any atom is -0.284 e. The maximum atomic E-state index is 13.3. The highest BCUT2D eigenvalue weighted by Gasteiger charge is 2.33. The maximum Gasteiger partial charge on any atom is 0.270 e. The maximum absolute atomic E-state index is 13.3. The highest BCUT2D eigenvalue weighted by atomic mass is 32.2. The first-order valence-corrected chi connectivity index (χ1v) is 6.07. The lowest BCUT2D eigenvalue weighted by Gasteiger charge is -2.14. The first kappa shape index (κ1) is 11.4. The molecule has 0 spiro atoms. The van der Waals surface area contributed by atoms with Crippen molar-refractivity contribution >= 4 is 10.0 Å². The van der Waals surface area contributed by atoms with Gasteiger partial charge >= 0.3 is 0 Å². The van der Waals surface area contributed by atoms with Crippen molar-refractivity contribution < 1.29 is 22.0 Å². The Balaban J connectivity index is 2.50. The first-order chi connectivity index (χ1) is 7.53. The van der Waals surface area contributed by atoms with Crippen molar-refractivity contribution in [2.24, 2.45) is 0 Å². The summed E-state index contributed by atoms with van der Waals surface area (Å²) in [7, 11) is -4.24. The number of hydrogen-bond donors (Lipinski definition) is 0. The van der Waals surface area contributed by atoms with Gasteiger partial charge < -0.3 is 0 Å². The summed E-state index contributed by atoms with van der Waals surface area (Å²) in [6.07, 6.45) is 0.509. The van der Waals surface area contributed by atoms with E-state index in [9.17, 15) is 17.2 Å². The number of rotatable bonds is 2. The van der Waals surface area contributed by atoms with Crippen LogP contribution >= 0.6 is 0 Å². The topological polar surface area (TPSA) is 46.6 Å². The summed E-state index contributed by atoms with van der Waals surface area (Å²) in [6.45, 7) is 0.339. The minimum absolute atomic E-state index is 0.107. The number of hydroxylamine groups is 1. The molecule has 1 saturated heterocycles. The zero-order valence-corrected chi connectivity index (χ0v) is 9.01. The fourth-order valence-corrected chi connectivity index (χ4v) is 2.86. The van der Waals surface area contributed by atoms with Crippen LogP contribution in [0.4, 0.5) is 8.78 Å². The smallest absolute Gasteiger partial charge is 0.270 e. The lowest BCUT2D eigenvalue weighted by atomic mass is 10.3. The summed E-state index contributed by atoms with van der Waals surface area (Å²) < 4.78 is 50.8. The summed E-state index contributed by atoms with van der Waals surface area (Å²) >= 11 is 0. The molecule has 0 saturated carbocycles. The van der Waals surface area contributed by atoms with Crippen LogP contribution in [0.2, 0.25) is 0 Å². The van der Waals surface area contributed by atoms with E-state index < -0.39 is 26.6 Å². The van der Waals surface area contributed by atoms with Crippen LogP contribution in [0.5, 0.6) is 0 Å². The molecule has 0 bridgehead atoms. The molecule has 1 aliphatic rings. The average molecular weight is 249 g/mol. The van der Waals surface area contributed by atoms with E-state index in [-0.39, 0.29) is 13.2 Å². The van der Waals surface area contributed by atoms with Gasteiger partial charge in [0.1, 0.15) is 11.6 Å². The Bertz CT molecular complexity index is 477. The van der Waals surface area contributed by atoms with Gasteiger partial charge in [-0.1, -0.05) is 10.5 Å². The van der Waals surface area contributed by atoms with Crippen LogP contribution in [0.3, 0.4) is 0 Å². The van der Waals surface area contributed by atoms with E-state index >= 15 is 0 Å². The fourth-order valence-electron chi connectivity index (χ4n) is 1.44. The van der Waals surface area contributed by atoms with E-state index in [0.29, 0.717) is 10.9 Å². The molecule has 2 rings (SSSR count). The third-order valence-corrected chi connectivity index (χ3v) is 3.90. The second kappa shape index (κ2) is 4.08. The van der Waals surface area contributed by atoms with Gasteiger partial charge in [-0.25, -0.2) is 17.2 Å². The molecule has 0 aromatic heterocycles. The van der Waals surface area contributed by atoms with Crippen LogP contribution in [0.25, 0.3) is 0 Å². The van der Waals surface area contributed by atoms with E-state index in [4.69, 9.17) is 4.84 Å².